The van der Waals surface area contributed by atoms with Crippen LogP contribution in [0.5, 0.6) is 0 Å². The molecule has 18 heavy (non-hydrogen) atoms. The average Bonchev–Trinajstić information content (AvgIpc) is 2.77. The normalized spacial score (nSPS) is 15.0. The maximum Gasteiger partial charge on any atom is 0.118 e. The molecular formula is C15H28N2O. The van der Waals surface area contributed by atoms with E-state index in [0.717, 1.165) is 30.9 Å². The molecule has 0 aliphatic rings. The van der Waals surface area contributed by atoms with Crippen LogP contribution in [0.2, 0.25) is 0 Å². The number of furan rings is 1. The molecule has 0 spiro atoms. The van der Waals surface area contributed by atoms with Gasteiger partial charge in [0.2, 0.25) is 0 Å². The summed E-state index contributed by atoms with van der Waals surface area (Å²) in [6, 6.07) is 4.08. The molecule has 0 saturated carbocycles. The molecular weight excluding hydrogens is 224 g/mol. The van der Waals surface area contributed by atoms with Crippen LogP contribution in [0, 0.1) is 6.92 Å². The molecule has 0 radical (unpaired) electrons. The number of hydrogen-bond donors (Lipinski definition) is 1. The van der Waals surface area contributed by atoms with Crippen molar-refractivity contribution in [1.82, 2.24) is 4.90 Å². The molecule has 0 bridgehead atoms. The van der Waals surface area contributed by atoms with Crippen molar-refractivity contribution in [2.75, 3.05) is 13.6 Å². The predicted octanol–water partition coefficient (Wildman–Crippen LogP) is 3.32. The highest BCUT2D eigenvalue weighted by molar-refractivity contribution is 5.06. The number of unbranched alkanes of at least 4 members (excludes halogenated alkanes) is 1. The lowest BCUT2D eigenvalue weighted by Crippen LogP contribution is -2.51. The Morgan fingerprint density at radius 2 is 2.06 bits per heavy atom. The fraction of sp³-hybridized carbons (Fsp3) is 0.733. The van der Waals surface area contributed by atoms with Gasteiger partial charge in [-0.1, -0.05) is 26.7 Å². The molecule has 3 heteroatoms. The number of aryl methyl sites for hydroxylation is 1. The fourth-order valence-electron chi connectivity index (χ4n) is 2.52. The van der Waals surface area contributed by atoms with E-state index in [2.05, 4.69) is 31.9 Å². The van der Waals surface area contributed by atoms with Crippen LogP contribution in [0.4, 0.5) is 0 Å². The maximum atomic E-state index is 6.05. The van der Waals surface area contributed by atoms with Gasteiger partial charge in [0.15, 0.2) is 0 Å². The van der Waals surface area contributed by atoms with Gasteiger partial charge >= 0.3 is 0 Å². The van der Waals surface area contributed by atoms with Gasteiger partial charge in [-0.25, -0.2) is 0 Å². The third-order valence-electron chi connectivity index (χ3n) is 4.03. The number of hydrogen-bond acceptors (Lipinski definition) is 3. The largest absolute Gasteiger partial charge is 0.465 e. The van der Waals surface area contributed by atoms with Crippen molar-refractivity contribution in [3.63, 3.8) is 0 Å². The zero-order valence-corrected chi connectivity index (χ0v) is 12.3. The van der Waals surface area contributed by atoms with Gasteiger partial charge in [0.1, 0.15) is 11.5 Å². The lowest BCUT2D eigenvalue weighted by molar-refractivity contribution is 0.0921. The van der Waals surface area contributed by atoms with Crippen molar-refractivity contribution in [2.24, 2.45) is 5.73 Å². The van der Waals surface area contributed by atoms with Gasteiger partial charge in [0.05, 0.1) is 6.54 Å². The smallest absolute Gasteiger partial charge is 0.118 e. The van der Waals surface area contributed by atoms with Crippen LogP contribution in [0.25, 0.3) is 0 Å². The lowest BCUT2D eigenvalue weighted by atomic mass is 9.88. The van der Waals surface area contributed by atoms with E-state index in [9.17, 15) is 0 Å². The van der Waals surface area contributed by atoms with Crippen LogP contribution in [-0.4, -0.2) is 24.0 Å². The second-order valence-electron chi connectivity index (χ2n) is 5.25. The summed E-state index contributed by atoms with van der Waals surface area (Å²) in [5, 5.41) is 0. The first-order valence-electron chi connectivity index (χ1n) is 7.04. The van der Waals surface area contributed by atoms with Crippen molar-refractivity contribution in [2.45, 2.75) is 58.5 Å². The van der Waals surface area contributed by atoms with Gasteiger partial charge in [-0.15, -0.1) is 0 Å². The minimum Gasteiger partial charge on any atom is -0.465 e. The van der Waals surface area contributed by atoms with Crippen molar-refractivity contribution in [3.8, 4) is 0 Å². The van der Waals surface area contributed by atoms with Crippen molar-refractivity contribution in [1.29, 1.82) is 0 Å². The molecule has 2 N–H and O–H groups in total. The summed E-state index contributed by atoms with van der Waals surface area (Å²) < 4.78 is 5.66. The molecule has 1 rings (SSSR count). The Balaban J connectivity index is 2.72. The first kappa shape index (κ1) is 15.3. The van der Waals surface area contributed by atoms with Gasteiger partial charge in [-0.2, -0.15) is 0 Å². The molecule has 0 saturated heterocycles. The number of likely N-dealkylation sites (N-methyl/N-ethyl adjacent to an activating group) is 1. The van der Waals surface area contributed by atoms with Crippen LogP contribution >= 0.6 is 0 Å². The van der Waals surface area contributed by atoms with Gasteiger partial charge < -0.3 is 10.2 Å². The van der Waals surface area contributed by atoms with Crippen LogP contribution in [-0.2, 0) is 6.54 Å². The zero-order valence-electron chi connectivity index (χ0n) is 12.3. The molecule has 1 heterocycles. The third-order valence-corrected chi connectivity index (χ3v) is 4.03. The SMILES string of the molecule is CCCCC(CC)(CN)N(C)Cc1ccc(C)o1. The van der Waals surface area contributed by atoms with Gasteiger partial charge in [-0.05, 0) is 38.9 Å². The van der Waals surface area contributed by atoms with Crippen LogP contribution < -0.4 is 5.73 Å². The Morgan fingerprint density at radius 3 is 2.50 bits per heavy atom. The van der Waals surface area contributed by atoms with Gasteiger partial charge in [0.25, 0.3) is 0 Å². The number of rotatable bonds is 8. The predicted molar refractivity (Wildman–Crippen MR) is 76.5 cm³/mol. The van der Waals surface area contributed by atoms with Crippen molar-refractivity contribution >= 4 is 0 Å². The molecule has 1 aromatic heterocycles. The Morgan fingerprint density at radius 1 is 1.33 bits per heavy atom. The standard InChI is InChI=1S/C15H28N2O/c1-5-7-10-15(6-2,12-16)17(4)11-14-9-8-13(3)18-14/h8-9H,5-7,10-12,16H2,1-4H3. The van der Waals surface area contributed by atoms with E-state index >= 15 is 0 Å². The van der Waals surface area contributed by atoms with E-state index in [1.807, 2.05) is 13.0 Å². The maximum absolute atomic E-state index is 6.05. The second-order valence-corrected chi connectivity index (χ2v) is 5.25. The van der Waals surface area contributed by atoms with E-state index < -0.39 is 0 Å². The minimum absolute atomic E-state index is 0.108. The van der Waals surface area contributed by atoms with E-state index in [1.165, 1.54) is 12.8 Å². The van der Waals surface area contributed by atoms with E-state index in [4.69, 9.17) is 10.2 Å². The molecule has 0 fully saturated rings. The van der Waals surface area contributed by atoms with Crippen LogP contribution in [0.3, 0.4) is 0 Å². The molecule has 0 aromatic carbocycles. The Hall–Kier alpha value is -0.800. The van der Waals surface area contributed by atoms with Crippen LogP contribution in [0.15, 0.2) is 16.5 Å². The zero-order chi connectivity index (χ0) is 13.6. The van der Waals surface area contributed by atoms with Gasteiger partial charge in [0, 0.05) is 12.1 Å². The monoisotopic (exact) mass is 252 g/mol. The topological polar surface area (TPSA) is 42.4 Å². The highest BCUT2D eigenvalue weighted by Crippen LogP contribution is 2.26. The summed E-state index contributed by atoms with van der Waals surface area (Å²) in [5.41, 5.74) is 6.15. The molecule has 1 atom stereocenters. The first-order valence-corrected chi connectivity index (χ1v) is 7.04. The summed E-state index contributed by atoms with van der Waals surface area (Å²) >= 11 is 0. The summed E-state index contributed by atoms with van der Waals surface area (Å²) in [7, 11) is 2.16. The highest BCUT2D eigenvalue weighted by Gasteiger charge is 2.31. The quantitative estimate of drug-likeness (QED) is 0.771. The Kier molecular flexibility index (Phi) is 5.89. The van der Waals surface area contributed by atoms with E-state index in [0.29, 0.717) is 6.54 Å². The Labute approximate surface area is 111 Å². The fourth-order valence-corrected chi connectivity index (χ4v) is 2.52. The Bertz CT molecular complexity index is 342. The van der Waals surface area contributed by atoms with E-state index in [1.54, 1.807) is 0 Å². The second kappa shape index (κ2) is 6.95. The summed E-state index contributed by atoms with van der Waals surface area (Å²) in [4.78, 5) is 2.36. The third kappa shape index (κ3) is 3.59. The number of nitrogens with zero attached hydrogens (tertiary/aromatic N) is 1. The summed E-state index contributed by atoms with van der Waals surface area (Å²) in [5.74, 6) is 2.00. The lowest BCUT2D eigenvalue weighted by Gasteiger charge is -2.40. The van der Waals surface area contributed by atoms with Gasteiger partial charge in [-0.3, -0.25) is 4.90 Å². The average molecular weight is 252 g/mol. The summed E-state index contributed by atoms with van der Waals surface area (Å²) in [6.45, 7) is 7.98. The minimum atomic E-state index is 0.108. The number of nitrogens with two attached hydrogens (primary N) is 1. The van der Waals surface area contributed by atoms with Crippen molar-refractivity contribution < 1.29 is 4.42 Å². The molecule has 1 unspecified atom stereocenters. The van der Waals surface area contributed by atoms with E-state index in [-0.39, 0.29) is 5.54 Å². The molecule has 104 valence electrons. The highest BCUT2D eigenvalue weighted by atomic mass is 16.3. The first-order chi connectivity index (χ1) is 8.57. The molecule has 0 aliphatic heterocycles. The molecule has 0 aliphatic carbocycles. The molecule has 3 nitrogen and oxygen atoms in total. The molecule has 0 amide bonds. The molecule has 1 aromatic rings. The van der Waals surface area contributed by atoms with Crippen LogP contribution in [0.1, 0.15) is 51.1 Å². The summed E-state index contributed by atoms with van der Waals surface area (Å²) in [6.07, 6.45) is 4.69. The van der Waals surface area contributed by atoms with Crippen molar-refractivity contribution in [3.05, 3.63) is 23.7 Å².